The van der Waals surface area contributed by atoms with Crippen LogP contribution in [0.3, 0.4) is 0 Å². The Kier molecular flexibility index (Phi) is 26.0. The Morgan fingerprint density at radius 2 is 1.61 bits per heavy atom. The van der Waals surface area contributed by atoms with Crippen molar-refractivity contribution < 1.29 is 51.8 Å². The van der Waals surface area contributed by atoms with Crippen molar-refractivity contribution >= 4 is 102 Å². The quantitative estimate of drug-likeness (QED) is 0.0138. The number of amides is 4. The molecule has 1 aliphatic carbocycles. The lowest BCUT2D eigenvalue weighted by Crippen LogP contribution is -2.57. The first-order chi connectivity index (χ1) is 51.9. The molecule has 0 saturated carbocycles. The molecule has 4 aromatic carbocycles. The minimum Gasteiger partial charge on any atom is -0.476 e. The zero-order valence-electron chi connectivity index (χ0n) is 62.8. The van der Waals surface area contributed by atoms with E-state index in [0.29, 0.717) is 100.0 Å². The maximum atomic E-state index is 14.6. The number of pyridine rings is 1. The number of hydrogen-bond donors (Lipinski definition) is 6. The van der Waals surface area contributed by atoms with Gasteiger partial charge in [-0.1, -0.05) is 113 Å². The summed E-state index contributed by atoms with van der Waals surface area (Å²) in [4.78, 5) is 89.1. The second-order valence-electron chi connectivity index (χ2n) is 31.1. The van der Waals surface area contributed by atoms with Crippen LogP contribution in [0.4, 0.5) is 28.4 Å². The minimum atomic E-state index is -4.63. The van der Waals surface area contributed by atoms with E-state index in [-0.39, 0.29) is 65.7 Å². The van der Waals surface area contributed by atoms with E-state index >= 15 is 0 Å². The molecule has 4 aliphatic heterocycles. The molecule has 4 amide bonds. The number of sulfonamides is 1. The number of aromatic amines is 1. The molecule has 0 radical (unpaired) electrons. The summed E-state index contributed by atoms with van der Waals surface area (Å²) in [5, 5.41) is 33.9. The van der Waals surface area contributed by atoms with E-state index in [2.05, 4.69) is 59.5 Å². The van der Waals surface area contributed by atoms with Gasteiger partial charge >= 0.3 is 0 Å². The zero-order valence-corrected chi connectivity index (χ0v) is 65.2. The van der Waals surface area contributed by atoms with E-state index in [0.717, 1.165) is 135 Å². The number of allylic oxidation sites excluding steroid dienone is 1. The number of benzene rings is 4. The number of nitro benzene ring substituents is 1. The van der Waals surface area contributed by atoms with Gasteiger partial charge in [-0.05, 0) is 159 Å². The standard InChI is InChI=1S/C81H103ClN12O12S2/c1-53(56-16-18-58(19-17-56)73-54(2)85-52-107-73)86-77(98)70-45-63(95)50-93(70)79(99)74(80(3,4)5)87-72(96)15-12-10-8-7-9-11-13-39-105-51-81(6)32-28-60(66(47-81)57-20-22-61(82)23-21-57)49-90-35-37-91(38-36-90)62-24-26-65(68(44-62)92-34-14-40-106-78-71(92)43-59-29-33-83-75(59)88-78)76(97)89-108(102,103)64-25-27-67(69(46-64)94(100)101)84-48-55-30-41-104-42-31-55/h16-27,29,33,43-44,46,52-53,55,63,70,74,84,95H,7-15,28,30-32,34-42,45,47-51H2,1-6H3,(H,83,88)(H,86,98)(H,87,96)(H,89,97)/t53-,63+,70-,74+,81+/m0/s1. The number of ether oxygens (including phenoxy) is 3. The molecule has 27 heteroatoms. The Balaban J connectivity index is 0.608. The minimum absolute atomic E-state index is 0.0106. The number of rotatable bonds is 30. The van der Waals surface area contributed by atoms with Crippen LogP contribution < -0.4 is 35.2 Å². The van der Waals surface area contributed by atoms with E-state index in [1.807, 2.05) is 106 Å². The fourth-order valence-corrected chi connectivity index (χ4v) is 17.4. The number of aliphatic hydroxyl groups is 1. The molecule has 6 N–H and O–H groups in total. The molecular formula is C81H103ClN12O12S2. The molecule has 12 rings (SSSR count). The molecule has 5 atom stereocenters. The van der Waals surface area contributed by atoms with Crippen molar-refractivity contribution in [3.05, 3.63) is 152 Å². The van der Waals surface area contributed by atoms with Crippen molar-refractivity contribution in [1.82, 2.24) is 40.1 Å². The van der Waals surface area contributed by atoms with Crippen LogP contribution in [-0.2, 0) is 33.9 Å². The molecule has 3 saturated heterocycles. The summed E-state index contributed by atoms with van der Waals surface area (Å²) in [7, 11) is -4.63. The third-order valence-electron chi connectivity index (χ3n) is 21.8. The number of carbonyl (C=O) groups is 4. The summed E-state index contributed by atoms with van der Waals surface area (Å²) in [5.41, 5.74) is 10.3. The van der Waals surface area contributed by atoms with Crippen molar-refractivity contribution in [3.63, 3.8) is 0 Å². The van der Waals surface area contributed by atoms with Gasteiger partial charge in [-0.15, -0.1) is 11.3 Å². The molecule has 108 heavy (non-hydrogen) atoms. The Hall–Kier alpha value is -8.50. The van der Waals surface area contributed by atoms with E-state index in [9.17, 15) is 42.8 Å². The smallest absolute Gasteiger partial charge is 0.293 e. The number of β-amino-alcohol motifs (C(OH)–C–C–N with tert-alkyl or cyclic N) is 1. The molecule has 578 valence electrons. The number of aryl methyl sites for hydroxylation is 1. The van der Waals surface area contributed by atoms with Gasteiger partial charge in [-0.3, -0.25) is 34.2 Å². The second-order valence-corrected chi connectivity index (χ2v) is 34.1. The van der Waals surface area contributed by atoms with Crippen LogP contribution in [0.2, 0.25) is 5.02 Å². The summed E-state index contributed by atoms with van der Waals surface area (Å²) < 4.78 is 48.7. The van der Waals surface area contributed by atoms with E-state index in [1.165, 1.54) is 28.2 Å². The average Bonchev–Trinajstić information content (AvgIpc) is 1.29. The summed E-state index contributed by atoms with van der Waals surface area (Å²) in [6.07, 6.45) is 13.0. The van der Waals surface area contributed by atoms with Crippen LogP contribution in [-0.4, -0.2) is 170 Å². The number of nitrogens with zero attached hydrogens (tertiary/aromatic N) is 7. The number of thiazole rings is 1. The highest BCUT2D eigenvalue weighted by molar-refractivity contribution is 7.90. The average molecular weight is 1540 g/mol. The highest BCUT2D eigenvalue weighted by Gasteiger charge is 2.45. The lowest BCUT2D eigenvalue weighted by atomic mass is 9.71. The van der Waals surface area contributed by atoms with Crippen LogP contribution in [0, 0.1) is 33.8 Å². The van der Waals surface area contributed by atoms with Crippen LogP contribution in [0.5, 0.6) is 5.88 Å². The molecule has 0 unspecified atom stereocenters. The zero-order chi connectivity index (χ0) is 76.3. The Labute approximate surface area is 642 Å². The number of piperazine rings is 1. The first-order valence-electron chi connectivity index (χ1n) is 38.2. The fraction of sp³-hybridized carbons (Fsp3) is 0.506. The monoisotopic (exact) mass is 1530 g/mol. The van der Waals surface area contributed by atoms with Gasteiger partial charge in [0.2, 0.25) is 23.6 Å². The summed E-state index contributed by atoms with van der Waals surface area (Å²) >= 11 is 8.05. The normalized spacial score (nSPS) is 19.5. The molecule has 7 aromatic rings. The highest BCUT2D eigenvalue weighted by Crippen LogP contribution is 2.46. The highest BCUT2D eigenvalue weighted by atomic mass is 35.5. The molecule has 24 nitrogen and oxygen atoms in total. The van der Waals surface area contributed by atoms with E-state index < -0.39 is 55.0 Å². The van der Waals surface area contributed by atoms with Gasteiger partial charge in [-0.2, -0.15) is 4.98 Å². The third-order valence-corrected chi connectivity index (χ3v) is 24.3. The summed E-state index contributed by atoms with van der Waals surface area (Å²) in [6, 6.07) is 27.0. The van der Waals surface area contributed by atoms with Crippen molar-refractivity contribution in [2.45, 2.75) is 167 Å². The second kappa shape index (κ2) is 35.5. The van der Waals surface area contributed by atoms with Crippen LogP contribution >= 0.6 is 22.9 Å². The Morgan fingerprint density at radius 3 is 2.33 bits per heavy atom. The number of H-pyrrole nitrogens is 1. The SMILES string of the molecule is Cc1ncsc1-c1ccc([C@H](C)NC(=O)[C@@H]2C[C@@H](O)CN2C(=O)[C@@H](NC(=O)CCCCCCCCCOC[C@]2(C)CCC(CN3CCN(c4ccc(C(=O)NS(=O)(=O)c5ccc(NCC6CCOCC6)c([N+](=O)[O-])c5)c(N5CCCOc6nc7[nH]ccc7cc65)c4)CC3)=C(c3ccc(Cl)cc3)C2)C(C)(C)C)cc1. The Morgan fingerprint density at radius 1 is 0.880 bits per heavy atom. The molecule has 5 aliphatic rings. The van der Waals surface area contributed by atoms with Crippen molar-refractivity contribution in [3.8, 4) is 16.3 Å². The number of likely N-dealkylation sites (tertiary alicyclic amines) is 1. The van der Waals surface area contributed by atoms with E-state index in [1.54, 1.807) is 23.6 Å². The van der Waals surface area contributed by atoms with Gasteiger partial charge in [0.25, 0.3) is 21.6 Å². The molecule has 7 heterocycles. The van der Waals surface area contributed by atoms with Crippen molar-refractivity contribution in [2.75, 3.05) is 101 Å². The predicted molar refractivity (Wildman–Crippen MR) is 423 cm³/mol. The van der Waals surface area contributed by atoms with Gasteiger partial charge in [0.15, 0.2) is 0 Å². The van der Waals surface area contributed by atoms with Crippen molar-refractivity contribution in [1.29, 1.82) is 0 Å². The van der Waals surface area contributed by atoms with Gasteiger partial charge in [0, 0.05) is 113 Å². The van der Waals surface area contributed by atoms with Crippen molar-refractivity contribution in [2.24, 2.45) is 16.7 Å². The number of aliphatic hydroxyl groups excluding tert-OH is 1. The molecule has 3 aromatic heterocycles. The number of nitrogens with one attached hydrogen (secondary N) is 5. The molecular weight excluding hydrogens is 1430 g/mol. The fourth-order valence-electron chi connectivity index (χ4n) is 15.4. The summed E-state index contributed by atoms with van der Waals surface area (Å²) in [5.74, 6) is -1.21. The van der Waals surface area contributed by atoms with Crippen LogP contribution in [0.15, 0.2) is 119 Å². The lowest BCUT2D eigenvalue weighted by molar-refractivity contribution is -0.384. The first kappa shape index (κ1) is 79.1. The van der Waals surface area contributed by atoms with Gasteiger partial charge in [0.05, 0.1) is 62.5 Å². The number of aromatic nitrogens is 3. The molecule has 0 bridgehead atoms. The number of halogens is 1. The third kappa shape index (κ3) is 19.7. The first-order valence-corrected chi connectivity index (χ1v) is 40.9. The predicted octanol–water partition coefficient (Wildman–Crippen LogP) is 13.7. The topological polar surface area (TPSA) is 296 Å². The van der Waals surface area contributed by atoms with Gasteiger partial charge < -0.3 is 55.0 Å². The number of unbranched alkanes of at least 4 members (excludes halogenated alkanes) is 6. The maximum absolute atomic E-state index is 14.6. The molecule has 3 fully saturated rings. The van der Waals surface area contributed by atoms with E-state index in [4.69, 9.17) is 30.8 Å². The number of hydrogen-bond acceptors (Lipinski definition) is 19. The number of nitro groups is 1. The maximum Gasteiger partial charge on any atom is 0.293 e. The van der Waals surface area contributed by atoms with Crippen LogP contribution in [0.1, 0.15) is 164 Å². The van der Waals surface area contributed by atoms with Gasteiger partial charge in [-0.25, -0.2) is 18.1 Å². The largest absolute Gasteiger partial charge is 0.476 e. The Bertz CT molecular complexity index is 4480. The number of anilines is 4. The summed E-state index contributed by atoms with van der Waals surface area (Å²) in [6.45, 7) is 19.4. The molecule has 0 spiro atoms. The van der Waals surface area contributed by atoms with Gasteiger partial charge in [0.1, 0.15) is 29.1 Å². The van der Waals surface area contributed by atoms with Crippen LogP contribution in [0.25, 0.3) is 27.0 Å². The number of carbonyl (C=O) groups excluding carboxylic acids is 4. The number of fused-ring (bicyclic) bond motifs is 2. The lowest BCUT2D eigenvalue weighted by Gasteiger charge is -2.40.